The number of nitrogens with one attached hydrogen (secondary N) is 1. The van der Waals surface area contributed by atoms with E-state index in [0.717, 1.165) is 0 Å². The Morgan fingerprint density at radius 1 is 1.30 bits per heavy atom. The first-order valence-electron chi connectivity index (χ1n) is 5.58. The molecule has 9 heteroatoms. The van der Waals surface area contributed by atoms with Gasteiger partial charge in [-0.15, -0.1) is 0 Å². The van der Waals surface area contributed by atoms with Gasteiger partial charge in [0.2, 0.25) is 10.0 Å². The van der Waals surface area contributed by atoms with E-state index in [2.05, 4.69) is 0 Å². The number of carbonyl (C=O) groups is 1. The zero-order chi connectivity index (χ0) is 15.5. The van der Waals surface area contributed by atoms with Gasteiger partial charge in [0, 0.05) is 12.1 Å². The van der Waals surface area contributed by atoms with Gasteiger partial charge in [-0.25, -0.2) is 21.6 Å². The van der Waals surface area contributed by atoms with Crippen molar-refractivity contribution in [1.29, 1.82) is 0 Å². The zero-order valence-corrected chi connectivity index (χ0v) is 11.2. The Morgan fingerprint density at radius 3 is 2.20 bits per heavy atom. The molecule has 0 saturated carbocycles. The molecule has 0 amide bonds. The van der Waals surface area contributed by atoms with Gasteiger partial charge in [0.05, 0.1) is 0 Å². The van der Waals surface area contributed by atoms with Crippen molar-refractivity contribution in [2.75, 3.05) is 0 Å². The normalized spacial score (nSPS) is 13.2. The third kappa shape index (κ3) is 3.70. The molecule has 1 unspecified atom stereocenters. The van der Waals surface area contributed by atoms with E-state index in [-0.39, 0.29) is 18.6 Å². The highest BCUT2D eigenvalue weighted by molar-refractivity contribution is 7.89. The van der Waals surface area contributed by atoms with E-state index in [0.29, 0.717) is 6.42 Å². The number of carboxylic acid groups (broad SMARTS) is 1. The fraction of sp³-hybridized carbons (Fsp3) is 0.364. The molecule has 20 heavy (non-hydrogen) atoms. The number of sulfonamides is 1. The lowest BCUT2D eigenvalue weighted by atomic mass is 10.2. The molecule has 1 atom stereocenters. The Balaban J connectivity index is 3.20. The molecule has 0 aliphatic rings. The number of halogens is 3. The Hall–Kier alpha value is -1.61. The summed E-state index contributed by atoms with van der Waals surface area (Å²) in [4.78, 5) is 9.45. The summed E-state index contributed by atoms with van der Waals surface area (Å²) >= 11 is 0. The summed E-state index contributed by atoms with van der Waals surface area (Å²) in [6, 6.07) is -1.12. The lowest BCUT2D eigenvalue weighted by Gasteiger charge is -2.14. The van der Waals surface area contributed by atoms with Crippen molar-refractivity contribution >= 4 is 16.0 Å². The minimum absolute atomic E-state index is 0.0566. The largest absolute Gasteiger partial charge is 0.480 e. The van der Waals surface area contributed by atoms with E-state index in [9.17, 15) is 26.4 Å². The monoisotopic (exact) mass is 311 g/mol. The van der Waals surface area contributed by atoms with Crippen molar-refractivity contribution in [1.82, 2.24) is 4.72 Å². The quantitative estimate of drug-likeness (QED) is 0.836. The second-order valence-electron chi connectivity index (χ2n) is 4.00. The van der Waals surface area contributed by atoms with Gasteiger partial charge < -0.3 is 5.11 Å². The van der Waals surface area contributed by atoms with Gasteiger partial charge in [-0.05, 0) is 6.42 Å². The first-order chi connectivity index (χ1) is 9.19. The van der Waals surface area contributed by atoms with Crippen LogP contribution in [-0.4, -0.2) is 25.5 Å². The Labute approximate surface area is 113 Å². The molecule has 0 heterocycles. The Kier molecular flexibility index (Phi) is 5.12. The molecule has 2 N–H and O–H groups in total. The fourth-order valence-electron chi connectivity index (χ4n) is 1.55. The molecule has 0 saturated heterocycles. The maximum Gasteiger partial charge on any atom is 0.321 e. The minimum atomic E-state index is -4.75. The van der Waals surface area contributed by atoms with Gasteiger partial charge in [-0.1, -0.05) is 13.3 Å². The van der Waals surface area contributed by atoms with Crippen molar-refractivity contribution in [2.45, 2.75) is 30.7 Å². The minimum Gasteiger partial charge on any atom is -0.480 e. The van der Waals surface area contributed by atoms with E-state index in [1.54, 1.807) is 11.6 Å². The number of hydrogen-bond acceptors (Lipinski definition) is 3. The molecule has 1 rings (SSSR count). The number of rotatable bonds is 6. The van der Waals surface area contributed by atoms with E-state index in [1.807, 2.05) is 0 Å². The first-order valence-corrected chi connectivity index (χ1v) is 7.07. The lowest BCUT2D eigenvalue weighted by molar-refractivity contribution is -0.139. The molecule has 1 aromatic carbocycles. The highest BCUT2D eigenvalue weighted by Gasteiger charge is 2.30. The zero-order valence-electron chi connectivity index (χ0n) is 10.4. The second-order valence-corrected chi connectivity index (χ2v) is 5.65. The Morgan fingerprint density at radius 2 is 1.80 bits per heavy atom. The van der Waals surface area contributed by atoms with Crippen LogP contribution in [0.4, 0.5) is 13.2 Å². The molecular formula is C11H12F3NO4S. The van der Waals surface area contributed by atoms with Crippen LogP contribution in [0.5, 0.6) is 0 Å². The number of hydrogen-bond donors (Lipinski definition) is 2. The van der Waals surface area contributed by atoms with Crippen LogP contribution in [0.15, 0.2) is 17.0 Å². The van der Waals surface area contributed by atoms with Crippen LogP contribution < -0.4 is 4.72 Å². The van der Waals surface area contributed by atoms with Crippen molar-refractivity contribution in [3.63, 3.8) is 0 Å². The first kappa shape index (κ1) is 16.4. The summed E-state index contributed by atoms with van der Waals surface area (Å²) in [5, 5.41) is 8.82. The number of aliphatic carboxylic acids is 1. The molecule has 0 aliphatic carbocycles. The van der Waals surface area contributed by atoms with Gasteiger partial charge in [0.25, 0.3) is 0 Å². The van der Waals surface area contributed by atoms with Gasteiger partial charge in [0.1, 0.15) is 23.5 Å². The van der Waals surface area contributed by atoms with Crippen LogP contribution in [0.2, 0.25) is 0 Å². The smallest absolute Gasteiger partial charge is 0.321 e. The van der Waals surface area contributed by atoms with E-state index in [4.69, 9.17) is 5.11 Å². The van der Waals surface area contributed by atoms with Crippen LogP contribution in [-0.2, 0) is 14.8 Å². The highest BCUT2D eigenvalue weighted by Crippen LogP contribution is 2.20. The van der Waals surface area contributed by atoms with Crippen LogP contribution in [0.25, 0.3) is 0 Å². The third-order valence-corrected chi connectivity index (χ3v) is 3.93. The molecule has 0 spiro atoms. The molecule has 1 aromatic rings. The summed E-state index contributed by atoms with van der Waals surface area (Å²) in [7, 11) is -4.75. The average Bonchev–Trinajstić information content (AvgIpc) is 2.25. The van der Waals surface area contributed by atoms with Gasteiger partial charge >= 0.3 is 5.97 Å². The van der Waals surface area contributed by atoms with Gasteiger partial charge in [-0.3, -0.25) is 4.79 Å². The molecule has 0 fully saturated rings. The molecule has 5 nitrogen and oxygen atoms in total. The molecule has 0 bridgehead atoms. The highest BCUT2D eigenvalue weighted by atomic mass is 32.2. The number of benzene rings is 1. The predicted octanol–water partition coefficient (Wildman–Crippen LogP) is 1.64. The SMILES string of the molecule is CCCC(NS(=O)(=O)c1c(F)cc(F)cc1F)C(=O)O. The summed E-state index contributed by atoms with van der Waals surface area (Å²) in [5.74, 6) is -6.01. The van der Waals surface area contributed by atoms with E-state index < -0.39 is 44.4 Å². The molecular weight excluding hydrogens is 299 g/mol. The van der Waals surface area contributed by atoms with E-state index >= 15 is 0 Å². The van der Waals surface area contributed by atoms with Crippen LogP contribution in [0, 0.1) is 17.5 Å². The molecule has 112 valence electrons. The van der Waals surface area contributed by atoms with Gasteiger partial charge in [-0.2, -0.15) is 4.72 Å². The van der Waals surface area contributed by atoms with Crippen LogP contribution in [0.3, 0.4) is 0 Å². The standard InChI is InChI=1S/C11H12F3NO4S/c1-2-3-9(11(16)17)15-20(18,19)10-7(13)4-6(12)5-8(10)14/h4-5,9,15H,2-3H2,1H3,(H,16,17). The maximum absolute atomic E-state index is 13.4. The van der Waals surface area contributed by atoms with E-state index in [1.165, 1.54) is 0 Å². The summed E-state index contributed by atoms with van der Waals surface area (Å²) < 4.78 is 64.8. The predicted molar refractivity (Wildman–Crippen MR) is 63.0 cm³/mol. The summed E-state index contributed by atoms with van der Waals surface area (Å²) in [5.41, 5.74) is 0. The Bertz CT molecular complexity index is 595. The van der Waals surface area contributed by atoms with Crippen LogP contribution >= 0.6 is 0 Å². The molecule has 0 aliphatic heterocycles. The van der Waals surface area contributed by atoms with Crippen LogP contribution in [0.1, 0.15) is 19.8 Å². The number of carboxylic acids is 1. The molecule has 0 aromatic heterocycles. The molecule has 0 radical (unpaired) electrons. The van der Waals surface area contributed by atoms with Crippen molar-refractivity contribution in [3.05, 3.63) is 29.6 Å². The van der Waals surface area contributed by atoms with Crippen molar-refractivity contribution < 1.29 is 31.5 Å². The summed E-state index contributed by atoms with van der Waals surface area (Å²) in [6.07, 6.45) is 0.285. The lowest BCUT2D eigenvalue weighted by Crippen LogP contribution is -2.41. The van der Waals surface area contributed by atoms with Gasteiger partial charge in [0.15, 0.2) is 4.90 Å². The topological polar surface area (TPSA) is 83.5 Å². The average molecular weight is 311 g/mol. The third-order valence-electron chi connectivity index (χ3n) is 2.40. The van der Waals surface area contributed by atoms with Crippen molar-refractivity contribution in [3.8, 4) is 0 Å². The summed E-state index contributed by atoms with van der Waals surface area (Å²) in [6.45, 7) is 1.61. The van der Waals surface area contributed by atoms with Crippen molar-refractivity contribution in [2.24, 2.45) is 0 Å². The maximum atomic E-state index is 13.4. The second kappa shape index (κ2) is 6.23. The fourth-order valence-corrected chi connectivity index (χ4v) is 2.90.